The van der Waals surface area contributed by atoms with Crippen LogP contribution in [0, 0.1) is 0 Å². The summed E-state index contributed by atoms with van der Waals surface area (Å²) in [5, 5.41) is 3.10. The molecular weight excluding hydrogens is 409 g/mol. The van der Waals surface area contributed by atoms with Crippen molar-refractivity contribution in [1.82, 2.24) is 10.2 Å². The smallest absolute Gasteiger partial charge is 0.419 e. The standard InChI is InChI=1S/C20H23F3N2O3.ClH/c1-24-17(14-7-6-8-15(13-14)28-19(26)25(2)3)11-12-27-18-10-5-4-9-16(18)20(21,22)23;/h4-10,13,17,24H,11-12H2,1-3H3;1H. The number of alkyl halides is 3. The predicted octanol–water partition coefficient (Wildman–Crippen LogP) is 4.92. The summed E-state index contributed by atoms with van der Waals surface area (Å²) in [5.74, 6) is 0.193. The predicted molar refractivity (Wildman–Crippen MR) is 107 cm³/mol. The SMILES string of the molecule is CNC(CCOc1ccccc1C(F)(F)F)c1cccc(OC(=O)N(C)C)c1.Cl. The van der Waals surface area contributed by atoms with Crippen LogP contribution in [0.5, 0.6) is 11.5 Å². The Bertz CT molecular complexity index is 801. The first kappa shape index (κ1) is 24.6. The van der Waals surface area contributed by atoms with Gasteiger partial charge >= 0.3 is 12.3 Å². The van der Waals surface area contributed by atoms with Crippen molar-refractivity contribution in [3.63, 3.8) is 0 Å². The first-order chi connectivity index (χ1) is 13.2. The number of halogens is 4. The van der Waals surface area contributed by atoms with Crippen molar-refractivity contribution in [1.29, 1.82) is 0 Å². The average molecular weight is 433 g/mol. The van der Waals surface area contributed by atoms with Crippen LogP contribution in [0.2, 0.25) is 0 Å². The molecule has 160 valence electrons. The maximum atomic E-state index is 13.0. The van der Waals surface area contributed by atoms with Gasteiger partial charge in [0.25, 0.3) is 0 Å². The zero-order chi connectivity index (χ0) is 20.7. The minimum Gasteiger partial charge on any atom is -0.493 e. The maximum Gasteiger partial charge on any atom is 0.419 e. The Morgan fingerprint density at radius 3 is 2.45 bits per heavy atom. The van der Waals surface area contributed by atoms with Crippen LogP contribution in [0.15, 0.2) is 48.5 Å². The van der Waals surface area contributed by atoms with Crippen LogP contribution < -0.4 is 14.8 Å². The van der Waals surface area contributed by atoms with Gasteiger partial charge in [-0.2, -0.15) is 13.2 Å². The highest BCUT2D eigenvalue weighted by atomic mass is 35.5. The van der Waals surface area contributed by atoms with Crippen molar-refractivity contribution >= 4 is 18.5 Å². The third kappa shape index (κ3) is 7.14. The Hall–Kier alpha value is -2.45. The highest BCUT2D eigenvalue weighted by Gasteiger charge is 2.34. The zero-order valence-electron chi connectivity index (χ0n) is 16.3. The second-order valence-electron chi connectivity index (χ2n) is 6.31. The van der Waals surface area contributed by atoms with E-state index in [2.05, 4.69) is 5.32 Å². The van der Waals surface area contributed by atoms with E-state index in [-0.39, 0.29) is 30.8 Å². The summed E-state index contributed by atoms with van der Waals surface area (Å²) in [6.07, 6.45) is -4.54. The molecule has 1 amide bonds. The summed E-state index contributed by atoms with van der Waals surface area (Å²) < 4.78 is 49.7. The molecule has 0 saturated carbocycles. The van der Waals surface area contributed by atoms with Gasteiger partial charge in [0, 0.05) is 26.6 Å². The number of carbonyl (C=O) groups excluding carboxylic acids is 1. The first-order valence-electron chi connectivity index (χ1n) is 8.67. The summed E-state index contributed by atoms with van der Waals surface area (Å²) in [7, 11) is 4.91. The van der Waals surface area contributed by atoms with Crippen molar-refractivity contribution in [2.24, 2.45) is 0 Å². The molecular formula is C20H24ClF3N2O3. The number of rotatable bonds is 7. The largest absolute Gasteiger partial charge is 0.493 e. The van der Waals surface area contributed by atoms with Gasteiger partial charge in [-0.25, -0.2) is 4.79 Å². The second kappa shape index (κ2) is 10.9. The Balaban J connectivity index is 0.00000420. The van der Waals surface area contributed by atoms with Gasteiger partial charge in [-0.1, -0.05) is 24.3 Å². The molecule has 2 rings (SSSR count). The van der Waals surface area contributed by atoms with Gasteiger partial charge in [0.05, 0.1) is 12.2 Å². The molecule has 0 radical (unpaired) electrons. The van der Waals surface area contributed by atoms with Crippen molar-refractivity contribution in [2.45, 2.75) is 18.6 Å². The van der Waals surface area contributed by atoms with Crippen LogP contribution in [-0.4, -0.2) is 38.7 Å². The fourth-order valence-electron chi connectivity index (χ4n) is 2.58. The Morgan fingerprint density at radius 2 is 1.83 bits per heavy atom. The summed E-state index contributed by atoms with van der Waals surface area (Å²) in [6.45, 7) is 0.0836. The number of nitrogens with zero attached hydrogens (tertiary/aromatic N) is 1. The highest BCUT2D eigenvalue weighted by molar-refractivity contribution is 5.85. The molecule has 0 spiro atoms. The monoisotopic (exact) mass is 432 g/mol. The lowest BCUT2D eigenvalue weighted by molar-refractivity contribution is -0.139. The second-order valence-corrected chi connectivity index (χ2v) is 6.31. The van der Waals surface area contributed by atoms with Gasteiger partial charge in [-0.15, -0.1) is 12.4 Å². The minimum absolute atomic E-state index is 0. The molecule has 2 aromatic rings. The fraction of sp³-hybridized carbons (Fsp3) is 0.350. The lowest BCUT2D eigenvalue weighted by atomic mass is 10.0. The number of hydrogen-bond acceptors (Lipinski definition) is 4. The third-order valence-corrected chi connectivity index (χ3v) is 4.04. The van der Waals surface area contributed by atoms with E-state index in [1.807, 2.05) is 6.07 Å². The van der Waals surface area contributed by atoms with E-state index in [1.54, 1.807) is 39.3 Å². The summed E-state index contributed by atoms with van der Waals surface area (Å²) in [5.41, 5.74) is 0.0351. The van der Waals surface area contributed by atoms with Crippen molar-refractivity contribution < 1.29 is 27.4 Å². The van der Waals surface area contributed by atoms with Gasteiger partial charge in [0.2, 0.25) is 0 Å². The number of benzene rings is 2. The van der Waals surface area contributed by atoms with Crippen LogP contribution in [0.4, 0.5) is 18.0 Å². The molecule has 9 heteroatoms. The van der Waals surface area contributed by atoms with Crippen LogP contribution in [0.25, 0.3) is 0 Å². The average Bonchev–Trinajstić information content (AvgIpc) is 2.65. The van der Waals surface area contributed by atoms with Gasteiger partial charge < -0.3 is 19.7 Å². The molecule has 0 bridgehead atoms. The van der Waals surface area contributed by atoms with E-state index >= 15 is 0 Å². The molecule has 0 aliphatic carbocycles. The lowest BCUT2D eigenvalue weighted by Gasteiger charge is -2.19. The molecule has 29 heavy (non-hydrogen) atoms. The summed E-state index contributed by atoms with van der Waals surface area (Å²) in [6, 6.07) is 11.9. The van der Waals surface area contributed by atoms with E-state index in [4.69, 9.17) is 9.47 Å². The number of hydrogen-bond donors (Lipinski definition) is 1. The van der Waals surface area contributed by atoms with Gasteiger partial charge in [0.1, 0.15) is 11.5 Å². The maximum absolute atomic E-state index is 13.0. The Labute approximate surface area is 174 Å². The van der Waals surface area contributed by atoms with Crippen LogP contribution >= 0.6 is 12.4 Å². The van der Waals surface area contributed by atoms with Crippen LogP contribution in [-0.2, 0) is 6.18 Å². The Kier molecular flexibility index (Phi) is 9.26. The van der Waals surface area contributed by atoms with E-state index in [9.17, 15) is 18.0 Å². The van der Waals surface area contributed by atoms with Gasteiger partial charge in [-0.05, 0) is 36.9 Å². The lowest BCUT2D eigenvalue weighted by Crippen LogP contribution is -2.25. The fourth-order valence-corrected chi connectivity index (χ4v) is 2.58. The minimum atomic E-state index is -4.47. The normalized spacial score (nSPS) is 11.9. The summed E-state index contributed by atoms with van der Waals surface area (Å²) in [4.78, 5) is 13.0. The van der Waals surface area contributed by atoms with Crippen molar-refractivity contribution in [3.8, 4) is 11.5 Å². The number of amides is 1. The number of para-hydroxylation sites is 1. The molecule has 0 aliphatic heterocycles. The van der Waals surface area contributed by atoms with Crippen molar-refractivity contribution in [3.05, 3.63) is 59.7 Å². The zero-order valence-corrected chi connectivity index (χ0v) is 17.1. The van der Waals surface area contributed by atoms with Gasteiger partial charge in [0.15, 0.2) is 0 Å². The highest BCUT2D eigenvalue weighted by Crippen LogP contribution is 2.36. The quantitative estimate of drug-likeness (QED) is 0.675. The number of nitrogens with one attached hydrogen (secondary N) is 1. The molecule has 0 heterocycles. The molecule has 0 aliphatic rings. The van der Waals surface area contributed by atoms with Gasteiger partial charge in [-0.3, -0.25) is 0 Å². The molecule has 5 nitrogen and oxygen atoms in total. The first-order valence-corrected chi connectivity index (χ1v) is 8.67. The topological polar surface area (TPSA) is 50.8 Å². The molecule has 0 aromatic heterocycles. The molecule has 1 unspecified atom stereocenters. The van der Waals surface area contributed by atoms with E-state index in [0.717, 1.165) is 11.6 Å². The molecule has 0 saturated heterocycles. The Morgan fingerprint density at radius 1 is 1.14 bits per heavy atom. The molecule has 1 atom stereocenters. The van der Waals surface area contributed by atoms with Crippen LogP contribution in [0.3, 0.4) is 0 Å². The van der Waals surface area contributed by atoms with E-state index in [0.29, 0.717) is 12.2 Å². The molecule has 0 fully saturated rings. The molecule has 2 aromatic carbocycles. The summed E-state index contributed by atoms with van der Waals surface area (Å²) >= 11 is 0. The number of ether oxygens (including phenoxy) is 2. The van der Waals surface area contributed by atoms with Crippen LogP contribution in [0.1, 0.15) is 23.6 Å². The van der Waals surface area contributed by atoms with E-state index < -0.39 is 17.8 Å². The third-order valence-electron chi connectivity index (χ3n) is 4.04. The molecule has 1 N–H and O–H groups in total. The van der Waals surface area contributed by atoms with Crippen molar-refractivity contribution in [2.75, 3.05) is 27.7 Å². The van der Waals surface area contributed by atoms with E-state index in [1.165, 1.54) is 23.1 Å². The number of carbonyl (C=O) groups is 1.